The number of hydrogen-bond acceptors (Lipinski definition) is 4. The van der Waals surface area contributed by atoms with Gasteiger partial charge in [-0.15, -0.1) is 0 Å². The number of hydrogen-bond donors (Lipinski definition) is 0. The first-order chi connectivity index (χ1) is 18.0. The van der Waals surface area contributed by atoms with Crippen LogP contribution in [0.25, 0.3) is 0 Å². The van der Waals surface area contributed by atoms with E-state index in [0.717, 1.165) is 36.0 Å². The van der Waals surface area contributed by atoms with E-state index in [4.69, 9.17) is 0 Å². The van der Waals surface area contributed by atoms with Crippen molar-refractivity contribution in [1.82, 2.24) is 14.8 Å². The molecule has 0 bridgehead atoms. The third-order valence-corrected chi connectivity index (χ3v) is 7.92. The van der Waals surface area contributed by atoms with Crippen molar-refractivity contribution in [3.8, 4) is 0 Å². The molecule has 0 spiro atoms. The highest BCUT2D eigenvalue weighted by molar-refractivity contribution is 6.10. The maximum atomic E-state index is 14.0. The Labute approximate surface area is 218 Å². The molecule has 0 aliphatic carbocycles. The van der Waals surface area contributed by atoms with Gasteiger partial charge in [0.25, 0.3) is 0 Å². The lowest BCUT2D eigenvalue weighted by atomic mass is 9.73. The number of rotatable bonds is 7. The summed E-state index contributed by atoms with van der Waals surface area (Å²) in [6, 6.07) is 21.8. The normalized spacial score (nSPS) is 20.5. The lowest BCUT2D eigenvalue weighted by molar-refractivity contribution is -0.143. The smallest absolute Gasteiger partial charge is 0.241 e. The minimum absolute atomic E-state index is 0.00710. The molecule has 2 saturated heterocycles. The molecule has 6 nitrogen and oxygen atoms in total. The van der Waals surface area contributed by atoms with E-state index < -0.39 is 5.41 Å². The van der Waals surface area contributed by atoms with Gasteiger partial charge in [0, 0.05) is 38.3 Å². The maximum absolute atomic E-state index is 14.0. The summed E-state index contributed by atoms with van der Waals surface area (Å²) in [4.78, 5) is 48.2. The van der Waals surface area contributed by atoms with E-state index >= 15 is 0 Å². The van der Waals surface area contributed by atoms with Gasteiger partial charge in [-0.25, -0.2) is 0 Å². The molecule has 0 unspecified atom stereocenters. The average molecular weight is 496 g/mol. The van der Waals surface area contributed by atoms with Crippen molar-refractivity contribution in [2.24, 2.45) is 5.92 Å². The van der Waals surface area contributed by atoms with Crippen molar-refractivity contribution in [2.45, 2.75) is 51.0 Å². The Morgan fingerprint density at radius 1 is 0.946 bits per heavy atom. The van der Waals surface area contributed by atoms with Crippen LogP contribution in [0.4, 0.5) is 0 Å². The number of piperidine rings is 1. The van der Waals surface area contributed by atoms with Crippen molar-refractivity contribution in [3.63, 3.8) is 0 Å². The monoisotopic (exact) mass is 495 g/mol. The van der Waals surface area contributed by atoms with Crippen molar-refractivity contribution in [1.29, 1.82) is 0 Å². The van der Waals surface area contributed by atoms with E-state index in [1.165, 1.54) is 10.5 Å². The highest BCUT2D eigenvalue weighted by Gasteiger charge is 2.54. The molecule has 37 heavy (non-hydrogen) atoms. The number of imide groups is 1. The zero-order valence-corrected chi connectivity index (χ0v) is 21.3. The number of pyridine rings is 1. The molecular weight excluding hydrogens is 462 g/mol. The molecule has 1 aromatic heterocycles. The van der Waals surface area contributed by atoms with E-state index in [9.17, 15) is 14.4 Å². The maximum Gasteiger partial charge on any atom is 0.241 e. The predicted molar refractivity (Wildman–Crippen MR) is 141 cm³/mol. The average Bonchev–Trinajstić information content (AvgIpc) is 3.15. The summed E-state index contributed by atoms with van der Waals surface area (Å²) in [5.41, 5.74) is 2.63. The Morgan fingerprint density at radius 3 is 2.35 bits per heavy atom. The van der Waals surface area contributed by atoms with Crippen LogP contribution in [-0.2, 0) is 32.8 Å². The molecule has 190 valence electrons. The molecule has 3 heterocycles. The van der Waals surface area contributed by atoms with Crippen LogP contribution in [0.1, 0.15) is 47.9 Å². The number of amides is 3. The molecule has 2 aromatic carbocycles. The van der Waals surface area contributed by atoms with Crippen LogP contribution in [-0.4, -0.2) is 45.6 Å². The number of benzene rings is 2. The fourth-order valence-corrected chi connectivity index (χ4v) is 5.89. The Kier molecular flexibility index (Phi) is 7.17. The van der Waals surface area contributed by atoms with Crippen LogP contribution >= 0.6 is 0 Å². The quantitative estimate of drug-likeness (QED) is 0.454. The lowest BCUT2D eigenvalue weighted by Gasteiger charge is -2.35. The van der Waals surface area contributed by atoms with Gasteiger partial charge in [0.05, 0.1) is 12.0 Å². The summed E-state index contributed by atoms with van der Waals surface area (Å²) in [5.74, 6) is -0.0401. The highest BCUT2D eigenvalue weighted by atomic mass is 16.2. The molecule has 0 saturated carbocycles. The van der Waals surface area contributed by atoms with Gasteiger partial charge in [0.15, 0.2) is 0 Å². The van der Waals surface area contributed by atoms with Crippen LogP contribution in [0.3, 0.4) is 0 Å². The van der Waals surface area contributed by atoms with E-state index in [0.29, 0.717) is 19.0 Å². The van der Waals surface area contributed by atoms with Crippen LogP contribution in [0.2, 0.25) is 0 Å². The molecule has 5 rings (SSSR count). The summed E-state index contributed by atoms with van der Waals surface area (Å²) in [5, 5.41) is 0. The second-order valence-corrected chi connectivity index (χ2v) is 10.4. The van der Waals surface area contributed by atoms with E-state index in [-0.39, 0.29) is 37.1 Å². The standard InChI is InChI=1S/C31H33N3O3/c1-23-8-5-6-12-27(23)31(20-29(36)34(30(31)37)22-26-11-7-15-32-21-26)19-28(35)33-16-13-25(14-17-33)18-24-9-3-2-4-10-24/h2-12,15,21,25H,13-14,16-20,22H2,1H3/t31-/m0/s1. The first kappa shape index (κ1) is 24.9. The van der Waals surface area contributed by atoms with Gasteiger partial charge in [-0.2, -0.15) is 0 Å². The minimum atomic E-state index is -1.18. The summed E-state index contributed by atoms with van der Waals surface area (Å²) in [7, 11) is 0. The molecule has 3 amide bonds. The zero-order chi connectivity index (χ0) is 25.8. The van der Waals surface area contributed by atoms with Gasteiger partial charge >= 0.3 is 0 Å². The summed E-state index contributed by atoms with van der Waals surface area (Å²) in [6.07, 6.45) is 6.25. The third kappa shape index (κ3) is 5.19. The van der Waals surface area contributed by atoms with Gasteiger partial charge in [0.2, 0.25) is 17.7 Å². The SMILES string of the molecule is Cc1ccccc1[C@]1(CC(=O)N2CCC(Cc3ccccc3)CC2)CC(=O)N(Cc2cccnc2)C1=O. The first-order valence-corrected chi connectivity index (χ1v) is 13.1. The molecule has 0 radical (unpaired) electrons. The van der Waals surface area contributed by atoms with Gasteiger partial charge in [0.1, 0.15) is 0 Å². The van der Waals surface area contributed by atoms with Crippen molar-refractivity contribution >= 4 is 17.7 Å². The number of carbonyl (C=O) groups excluding carboxylic acids is 3. The molecule has 1 atom stereocenters. The highest BCUT2D eigenvalue weighted by Crippen LogP contribution is 2.42. The van der Waals surface area contributed by atoms with Gasteiger partial charge in [-0.05, 0) is 60.4 Å². The Hall–Kier alpha value is -3.80. The van der Waals surface area contributed by atoms with Crippen molar-refractivity contribution in [2.75, 3.05) is 13.1 Å². The molecule has 0 N–H and O–H groups in total. The topological polar surface area (TPSA) is 70.6 Å². The Bertz CT molecular complexity index is 1270. The van der Waals surface area contributed by atoms with Crippen LogP contribution in [0.15, 0.2) is 79.1 Å². The van der Waals surface area contributed by atoms with Gasteiger partial charge < -0.3 is 4.90 Å². The third-order valence-electron chi connectivity index (χ3n) is 7.92. The summed E-state index contributed by atoms with van der Waals surface area (Å²) < 4.78 is 0. The zero-order valence-electron chi connectivity index (χ0n) is 21.3. The lowest BCUT2D eigenvalue weighted by Crippen LogP contribution is -2.45. The molecule has 3 aromatic rings. The number of aromatic nitrogens is 1. The number of nitrogens with zero attached hydrogens (tertiary/aromatic N) is 3. The predicted octanol–water partition coefficient (Wildman–Crippen LogP) is 4.46. The molecule has 2 aliphatic rings. The summed E-state index contributed by atoms with van der Waals surface area (Å²) >= 11 is 0. The first-order valence-electron chi connectivity index (χ1n) is 13.1. The van der Waals surface area contributed by atoms with Crippen LogP contribution in [0, 0.1) is 12.8 Å². The van der Waals surface area contributed by atoms with Gasteiger partial charge in [-0.1, -0.05) is 60.7 Å². The Morgan fingerprint density at radius 2 is 1.65 bits per heavy atom. The number of likely N-dealkylation sites (tertiary alicyclic amines) is 2. The second kappa shape index (κ2) is 10.7. The Balaban J connectivity index is 1.34. The molecule has 6 heteroatoms. The fourth-order valence-electron chi connectivity index (χ4n) is 5.89. The van der Waals surface area contributed by atoms with Crippen LogP contribution in [0.5, 0.6) is 0 Å². The second-order valence-electron chi connectivity index (χ2n) is 10.4. The number of carbonyl (C=O) groups is 3. The summed E-state index contributed by atoms with van der Waals surface area (Å²) in [6.45, 7) is 3.47. The minimum Gasteiger partial charge on any atom is -0.343 e. The largest absolute Gasteiger partial charge is 0.343 e. The molecule has 2 fully saturated rings. The van der Waals surface area contributed by atoms with E-state index in [1.54, 1.807) is 18.5 Å². The van der Waals surface area contributed by atoms with Crippen molar-refractivity contribution in [3.05, 3.63) is 101 Å². The molecular formula is C31H33N3O3. The van der Waals surface area contributed by atoms with Crippen LogP contribution < -0.4 is 0 Å². The van der Waals surface area contributed by atoms with Gasteiger partial charge in [-0.3, -0.25) is 24.3 Å². The van der Waals surface area contributed by atoms with Crippen molar-refractivity contribution < 1.29 is 14.4 Å². The fraction of sp³-hybridized carbons (Fsp3) is 0.355. The van der Waals surface area contributed by atoms with E-state index in [2.05, 4.69) is 29.2 Å². The van der Waals surface area contributed by atoms with E-state index in [1.807, 2.05) is 48.2 Å². The number of aryl methyl sites for hydroxylation is 1. The molecule has 2 aliphatic heterocycles.